The van der Waals surface area contributed by atoms with Crippen LogP contribution in [0.2, 0.25) is 4.34 Å². The molecule has 0 saturated carbocycles. The van der Waals surface area contributed by atoms with Gasteiger partial charge in [0.05, 0.1) is 27.1 Å². The third kappa shape index (κ3) is 9.68. The van der Waals surface area contributed by atoms with Crippen molar-refractivity contribution in [1.29, 1.82) is 0 Å². The van der Waals surface area contributed by atoms with Crippen LogP contribution in [0.5, 0.6) is 0 Å². The molecule has 3 amide bonds. The van der Waals surface area contributed by atoms with E-state index >= 15 is 0 Å². The number of nitrogens with one attached hydrogen (secondary N) is 2. The molecule has 13 heteroatoms. The van der Waals surface area contributed by atoms with E-state index in [1.807, 2.05) is 46.4 Å². The SMILES string of the molecule is CC(C)(C)CN(CC(C)(C)C)[C@H](CNC(=O)c1ccc(Cl)s1)C(=O)Nc1ccc(N2CCOCC2=O)cc1C(F)(F)F. The number of rotatable bonds is 9. The van der Waals surface area contributed by atoms with Gasteiger partial charge < -0.3 is 20.3 Å². The summed E-state index contributed by atoms with van der Waals surface area (Å²) in [7, 11) is 0. The fourth-order valence-corrected chi connectivity index (χ4v) is 5.61. The lowest BCUT2D eigenvalue weighted by atomic mass is 9.90. The summed E-state index contributed by atoms with van der Waals surface area (Å²) in [5.41, 5.74) is -1.99. The standard InChI is InChI=1S/C29H38ClF3N4O4S/c1-27(2,3)16-36(17-28(4,5)6)21(14-34-26(40)22-9-10-23(30)42-22)25(39)35-20-8-7-18(13-19(20)29(31,32)33)37-11-12-41-15-24(37)38/h7-10,13,21H,11-12,14-17H2,1-6H3,(H,34,40)(H,35,39)/t21-/m1/s1. The maximum absolute atomic E-state index is 14.2. The third-order valence-corrected chi connectivity index (χ3v) is 7.45. The van der Waals surface area contributed by atoms with Crippen molar-refractivity contribution in [2.45, 2.75) is 53.8 Å². The number of benzene rings is 1. The molecule has 0 unspecified atom stereocenters. The molecule has 232 valence electrons. The Bertz CT molecular complexity index is 1270. The van der Waals surface area contributed by atoms with Crippen molar-refractivity contribution in [3.63, 3.8) is 0 Å². The Morgan fingerprint density at radius 2 is 1.71 bits per heavy atom. The first kappa shape index (κ1) is 33.8. The maximum Gasteiger partial charge on any atom is 0.418 e. The van der Waals surface area contributed by atoms with E-state index in [4.69, 9.17) is 16.3 Å². The first-order chi connectivity index (χ1) is 19.3. The average molecular weight is 631 g/mol. The van der Waals surface area contributed by atoms with Gasteiger partial charge in [-0.2, -0.15) is 13.2 Å². The number of carbonyl (C=O) groups is 3. The number of hydrogen-bond donors (Lipinski definition) is 2. The second-order valence-electron chi connectivity index (χ2n) is 12.7. The van der Waals surface area contributed by atoms with Gasteiger partial charge in [0.2, 0.25) is 5.91 Å². The molecular formula is C29H38ClF3N4O4S. The smallest absolute Gasteiger partial charge is 0.370 e. The highest BCUT2D eigenvalue weighted by molar-refractivity contribution is 7.18. The van der Waals surface area contributed by atoms with Gasteiger partial charge in [0.25, 0.3) is 11.8 Å². The van der Waals surface area contributed by atoms with Crippen LogP contribution in [-0.4, -0.2) is 68.1 Å². The summed E-state index contributed by atoms with van der Waals surface area (Å²) in [6, 6.07) is 5.54. The van der Waals surface area contributed by atoms with E-state index < -0.39 is 41.2 Å². The highest BCUT2D eigenvalue weighted by atomic mass is 35.5. The first-order valence-electron chi connectivity index (χ1n) is 13.5. The quantitative estimate of drug-likeness (QED) is 0.359. The van der Waals surface area contributed by atoms with E-state index in [1.165, 1.54) is 11.0 Å². The minimum atomic E-state index is -4.81. The van der Waals surface area contributed by atoms with Crippen molar-refractivity contribution >= 4 is 52.0 Å². The summed E-state index contributed by atoms with van der Waals surface area (Å²) < 4.78 is 48.2. The molecule has 42 heavy (non-hydrogen) atoms. The predicted octanol–water partition coefficient (Wildman–Crippen LogP) is 5.91. The number of thiophene rings is 1. The molecule has 1 aliphatic heterocycles. The van der Waals surface area contributed by atoms with Crippen molar-refractivity contribution in [1.82, 2.24) is 10.2 Å². The summed E-state index contributed by atoms with van der Waals surface area (Å²) in [6.45, 7) is 12.8. The zero-order valence-corrected chi connectivity index (χ0v) is 26.2. The van der Waals surface area contributed by atoms with Crippen LogP contribution in [0.1, 0.15) is 56.8 Å². The van der Waals surface area contributed by atoms with Gasteiger partial charge >= 0.3 is 6.18 Å². The van der Waals surface area contributed by atoms with Crippen molar-refractivity contribution in [2.24, 2.45) is 10.8 Å². The van der Waals surface area contributed by atoms with Crippen molar-refractivity contribution in [3.8, 4) is 0 Å². The van der Waals surface area contributed by atoms with Gasteiger partial charge in [-0.1, -0.05) is 53.1 Å². The monoisotopic (exact) mass is 630 g/mol. The molecule has 1 atom stereocenters. The minimum absolute atomic E-state index is 0.0640. The van der Waals surface area contributed by atoms with Crippen LogP contribution in [0.15, 0.2) is 30.3 Å². The average Bonchev–Trinajstić information content (AvgIpc) is 3.28. The molecule has 2 heterocycles. The second-order valence-corrected chi connectivity index (χ2v) is 14.4. The first-order valence-corrected chi connectivity index (χ1v) is 14.7. The summed E-state index contributed by atoms with van der Waals surface area (Å²) in [5, 5.41) is 5.24. The van der Waals surface area contributed by atoms with Crippen LogP contribution in [0.25, 0.3) is 0 Å². The number of alkyl halides is 3. The summed E-state index contributed by atoms with van der Waals surface area (Å²) in [6.07, 6.45) is -4.81. The third-order valence-electron chi connectivity index (χ3n) is 6.22. The molecular weight excluding hydrogens is 593 g/mol. The van der Waals surface area contributed by atoms with Crippen LogP contribution < -0.4 is 15.5 Å². The number of carbonyl (C=O) groups excluding carboxylic acids is 3. The van der Waals surface area contributed by atoms with Crippen LogP contribution in [0.3, 0.4) is 0 Å². The van der Waals surface area contributed by atoms with Gasteiger partial charge in [-0.25, -0.2) is 0 Å². The Kier molecular flexibility index (Phi) is 10.7. The summed E-state index contributed by atoms with van der Waals surface area (Å²) in [5.74, 6) is -1.59. The van der Waals surface area contributed by atoms with Crippen LogP contribution >= 0.6 is 22.9 Å². The highest BCUT2D eigenvalue weighted by Gasteiger charge is 2.37. The fraction of sp³-hybridized carbons (Fsp3) is 0.552. The van der Waals surface area contributed by atoms with E-state index in [2.05, 4.69) is 10.6 Å². The van der Waals surface area contributed by atoms with Gasteiger partial charge in [0.15, 0.2) is 0 Å². The Morgan fingerprint density at radius 1 is 1.07 bits per heavy atom. The number of halogens is 4. The van der Waals surface area contributed by atoms with E-state index in [1.54, 1.807) is 12.1 Å². The molecule has 2 N–H and O–H groups in total. The molecule has 8 nitrogen and oxygen atoms in total. The normalized spacial score (nSPS) is 15.6. The lowest BCUT2D eigenvalue weighted by Gasteiger charge is -2.39. The lowest BCUT2D eigenvalue weighted by Crippen LogP contribution is -2.55. The molecule has 1 aromatic carbocycles. The highest BCUT2D eigenvalue weighted by Crippen LogP contribution is 2.38. The van der Waals surface area contributed by atoms with Crippen LogP contribution in [-0.2, 0) is 20.5 Å². The van der Waals surface area contributed by atoms with E-state index in [0.29, 0.717) is 22.3 Å². The topological polar surface area (TPSA) is 91.0 Å². The van der Waals surface area contributed by atoms with Gasteiger partial charge in [0, 0.05) is 31.9 Å². The van der Waals surface area contributed by atoms with Crippen molar-refractivity contribution in [2.75, 3.05) is 49.6 Å². The number of amides is 3. The molecule has 1 saturated heterocycles. The van der Waals surface area contributed by atoms with Gasteiger partial charge in [-0.05, 0) is 41.2 Å². The maximum atomic E-state index is 14.2. The largest absolute Gasteiger partial charge is 0.418 e. The molecule has 2 aromatic rings. The van der Waals surface area contributed by atoms with E-state index in [0.717, 1.165) is 23.5 Å². The number of morpholine rings is 1. The zero-order chi connectivity index (χ0) is 31.5. The number of anilines is 2. The Balaban J connectivity index is 1.96. The van der Waals surface area contributed by atoms with Crippen molar-refractivity contribution < 1.29 is 32.3 Å². The zero-order valence-electron chi connectivity index (χ0n) is 24.7. The fourth-order valence-electron chi connectivity index (χ4n) is 4.65. The molecule has 1 fully saturated rings. The number of ether oxygens (including phenoxy) is 1. The number of hydrogen-bond acceptors (Lipinski definition) is 6. The van der Waals surface area contributed by atoms with Crippen molar-refractivity contribution in [3.05, 3.63) is 45.1 Å². The lowest BCUT2D eigenvalue weighted by molar-refractivity contribution is -0.137. The van der Waals surface area contributed by atoms with E-state index in [9.17, 15) is 27.6 Å². The Hall–Kier alpha value is -2.67. The Labute approximate surface area is 253 Å². The second kappa shape index (κ2) is 13.3. The molecule has 1 aromatic heterocycles. The predicted molar refractivity (Wildman–Crippen MR) is 159 cm³/mol. The molecule has 0 radical (unpaired) electrons. The summed E-state index contributed by atoms with van der Waals surface area (Å²) >= 11 is 7.05. The van der Waals surface area contributed by atoms with Gasteiger partial charge in [0.1, 0.15) is 12.6 Å². The van der Waals surface area contributed by atoms with E-state index in [-0.39, 0.29) is 42.8 Å². The van der Waals surface area contributed by atoms with Crippen LogP contribution in [0, 0.1) is 10.8 Å². The minimum Gasteiger partial charge on any atom is -0.370 e. The van der Waals surface area contributed by atoms with Gasteiger partial charge in [-0.15, -0.1) is 11.3 Å². The number of nitrogens with zero attached hydrogens (tertiary/aromatic N) is 2. The van der Waals surface area contributed by atoms with Gasteiger partial charge in [-0.3, -0.25) is 19.3 Å². The molecule has 3 rings (SSSR count). The molecule has 0 spiro atoms. The molecule has 1 aliphatic rings. The summed E-state index contributed by atoms with van der Waals surface area (Å²) in [4.78, 5) is 42.4. The Morgan fingerprint density at radius 3 is 2.24 bits per heavy atom. The molecule has 0 bridgehead atoms. The van der Waals surface area contributed by atoms with Crippen LogP contribution in [0.4, 0.5) is 24.5 Å². The molecule has 0 aliphatic carbocycles.